The molecular formula is C11H14BrNO. The summed E-state index contributed by atoms with van der Waals surface area (Å²) in [6.07, 6.45) is 0. The number of benzene rings is 1. The summed E-state index contributed by atoms with van der Waals surface area (Å²) in [7, 11) is 0. The van der Waals surface area contributed by atoms with Gasteiger partial charge in [0.25, 0.3) is 0 Å². The molecule has 0 unspecified atom stereocenters. The average molecular weight is 256 g/mol. The maximum Gasteiger partial charge on any atom is 0.127 e. The van der Waals surface area contributed by atoms with Gasteiger partial charge in [0.2, 0.25) is 0 Å². The molecule has 1 aromatic carbocycles. The predicted octanol–water partition coefficient (Wildman–Crippen LogP) is 2.74. The lowest BCUT2D eigenvalue weighted by atomic mass is 10.1. The number of aryl methyl sites for hydroxylation is 1. The summed E-state index contributed by atoms with van der Waals surface area (Å²) in [4.78, 5) is 0. The van der Waals surface area contributed by atoms with E-state index in [1.54, 1.807) is 0 Å². The largest absolute Gasteiger partial charge is 0.488 e. The summed E-state index contributed by atoms with van der Waals surface area (Å²) in [5, 5.41) is 0. The van der Waals surface area contributed by atoms with E-state index in [0.717, 1.165) is 21.4 Å². The van der Waals surface area contributed by atoms with Crippen molar-refractivity contribution < 1.29 is 4.74 Å². The first-order valence-corrected chi connectivity index (χ1v) is 5.19. The first kappa shape index (κ1) is 11.3. The van der Waals surface area contributed by atoms with Gasteiger partial charge in [0.15, 0.2) is 0 Å². The molecule has 0 aliphatic rings. The number of nitrogens with two attached hydrogens (primary N) is 1. The molecule has 0 amide bonds. The number of hydrogen-bond donors (Lipinski definition) is 1. The van der Waals surface area contributed by atoms with Gasteiger partial charge in [0.1, 0.15) is 12.4 Å². The van der Waals surface area contributed by atoms with Crippen molar-refractivity contribution in [1.82, 2.24) is 0 Å². The zero-order valence-corrected chi connectivity index (χ0v) is 9.80. The first-order valence-electron chi connectivity index (χ1n) is 4.39. The van der Waals surface area contributed by atoms with Crippen LogP contribution >= 0.6 is 15.9 Å². The van der Waals surface area contributed by atoms with Gasteiger partial charge in [-0.3, -0.25) is 0 Å². The number of ether oxygens (including phenoxy) is 1. The highest BCUT2D eigenvalue weighted by Gasteiger charge is 2.05. The second-order valence-corrected chi connectivity index (χ2v) is 4.19. The summed E-state index contributed by atoms with van der Waals surface area (Å²) in [5.41, 5.74) is 7.74. The van der Waals surface area contributed by atoms with Gasteiger partial charge >= 0.3 is 0 Å². The van der Waals surface area contributed by atoms with E-state index in [-0.39, 0.29) is 0 Å². The van der Waals surface area contributed by atoms with Gasteiger partial charge in [-0.2, -0.15) is 0 Å². The molecule has 0 aliphatic heterocycles. The Morgan fingerprint density at radius 1 is 1.57 bits per heavy atom. The fourth-order valence-electron chi connectivity index (χ4n) is 1.23. The van der Waals surface area contributed by atoms with E-state index in [4.69, 9.17) is 10.5 Å². The molecule has 1 aromatic rings. The van der Waals surface area contributed by atoms with Gasteiger partial charge in [-0.1, -0.05) is 40.7 Å². The lowest BCUT2D eigenvalue weighted by Crippen LogP contribution is -2.04. The van der Waals surface area contributed by atoms with E-state index in [9.17, 15) is 0 Å². The number of hydrogen-bond acceptors (Lipinski definition) is 2. The van der Waals surface area contributed by atoms with Gasteiger partial charge in [-0.05, 0) is 12.5 Å². The number of para-hydroxylation sites is 1. The summed E-state index contributed by atoms with van der Waals surface area (Å²) >= 11 is 3.25. The molecule has 0 bridgehead atoms. The van der Waals surface area contributed by atoms with Crippen molar-refractivity contribution >= 4 is 15.9 Å². The van der Waals surface area contributed by atoms with E-state index in [0.29, 0.717) is 13.2 Å². The van der Waals surface area contributed by atoms with Crippen molar-refractivity contribution in [2.24, 2.45) is 5.73 Å². The monoisotopic (exact) mass is 255 g/mol. The maximum atomic E-state index is 5.61. The second-order valence-electron chi connectivity index (χ2n) is 3.07. The highest BCUT2D eigenvalue weighted by atomic mass is 79.9. The van der Waals surface area contributed by atoms with E-state index in [1.807, 2.05) is 25.1 Å². The molecular weight excluding hydrogens is 242 g/mol. The van der Waals surface area contributed by atoms with Crippen LogP contribution in [0.2, 0.25) is 0 Å². The minimum Gasteiger partial charge on any atom is -0.488 e. The normalized spacial score (nSPS) is 9.93. The van der Waals surface area contributed by atoms with Crippen LogP contribution in [0.1, 0.15) is 11.1 Å². The van der Waals surface area contributed by atoms with Crippen LogP contribution in [0.25, 0.3) is 0 Å². The minimum atomic E-state index is 0.470. The van der Waals surface area contributed by atoms with Crippen LogP contribution in [0.3, 0.4) is 0 Å². The Hall–Kier alpha value is -0.800. The van der Waals surface area contributed by atoms with Crippen LogP contribution in [-0.2, 0) is 6.54 Å². The average Bonchev–Trinajstić information content (AvgIpc) is 2.15. The Labute approximate surface area is 92.9 Å². The van der Waals surface area contributed by atoms with Crippen molar-refractivity contribution in [1.29, 1.82) is 0 Å². The molecule has 2 nitrogen and oxygen atoms in total. The zero-order valence-electron chi connectivity index (χ0n) is 8.22. The third-order valence-corrected chi connectivity index (χ3v) is 2.12. The quantitative estimate of drug-likeness (QED) is 0.898. The third-order valence-electron chi connectivity index (χ3n) is 1.89. The fourth-order valence-corrected chi connectivity index (χ4v) is 1.35. The topological polar surface area (TPSA) is 35.2 Å². The Bertz CT molecular complexity index is 336. The Kier molecular flexibility index (Phi) is 4.17. The molecule has 0 atom stereocenters. The lowest BCUT2D eigenvalue weighted by molar-refractivity contribution is 0.354. The molecule has 14 heavy (non-hydrogen) atoms. The number of rotatable bonds is 4. The van der Waals surface area contributed by atoms with Crippen molar-refractivity contribution in [3.05, 3.63) is 40.4 Å². The smallest absolute Gasteiger partial charge is 0.127 e. The SMILES string of the molecule is C=C(Br)COc1c(C)cccc1CN. The van der Waals surface area contributed by atoms with Gasteiger partial charge < -0.3 is 10.5 Å². The van der Waals surface area contributed by atoms with Gasteiger partial charge in [-0.25, -0.2) is 0 Å². The summed E-state index contributed by atoms with van der Waals surface area (Å²) in [6, 6.07) is 5.96. The zero-order chi connectivity index (χ0) is 10.6. The van der Waals surface area contributed by atoms with Crippen LogP contribution in [0.15, 0.2) is 29.3 Å². The molecule has 76 valence electrons. The van der Waals surface area contributed by atoms with Gasteiger partial charge in [0, 0.05) is 16.6 Å². The summed E-state index contributed by atoms with van der Waals surface area (Å²) in [6.45, 7) is 6.68. The predicted molar refractivity (Wildman–Crippen MR) is 62.6 cm³/mol. The molecule has 0 radical (unpaired) electrons. The van der Waals surface area contributed by atoms with Crippen LogP contribution in [0.4, 0.5) is 0 Å². The molecule has 0 saturated heterocycles. The molecule has 0 heterocycles. The molecule has 0 spiro atoms. The fraction of sp³-hybridized carbons (Fsp3) is 0.273. The highest BCUT2D eigenvalue weighted by molar-refractivity contribution is 9.11. The van der Waals surface area contributed by atoms with Crippen LogP contribution in [0, 0.1) is 6.92 Å². The van der Waals surface area contributed by atoms with Gasteiger partial charge in [-0.15, -0.1) is 0 Å². The van der Waals surface area contributed by atoms with E-state index in [1.165, 1.54) is 0 Å². The van der Waals surface area contributed by atoms with Crippen molar-refractivity contribution in [3.63, 3.8) is 0 Å². The Balaban J connectivity index is 2.87. The highest BCUT2D eigenvalue weighted by Crippen LogP contribution is 2.23. The third kappa shape index (κ3) is 2.86. The molecule has 0 aliphatic carbocycles. The molecule has 1 rings (SSSR count). The second kappa shape index (κ2) is 5.17. The molecule has 2 N–H and O–H groups in total. The first-order chi connectivity index (χ1) is 6.65. The van der Waals surface area contributed by atoms with E-state index < -0.39 is 0 Å². The molecule has 0 fully saturated rings. The van der Waals surface area contributed by atoms with Gasteiger partial charge in [0.05, 0.1) is 0 Å². The van der Waals surface area contributed by atoms with Crippen LogP contribution in [0.5, 0.6) is 5.75 Å². The number of halogens is 1. The molecule has 0 saturated carbocycles. The lowest BCUT2D eigenvalue weighted by Gasteiger charge is -2.12. The summed E-state index contributed by atoms with van der Waals surface area (Å²) in [5.74, 6) is 0.871. The molecule has 0 aromatic heterocycles. The standard InChI is InChI=1S/C11H14BrNO/c1-8-4-3-5-10(6-13)11(8)14-7-9(2)12/h3-5H,2,6-7,13H2,1H3. The Morgan fingerprint density at radius 2 is 2.29 bits per heavy atom. The van der Waals surface area contributed by atoms with Crippen LogP contribution < -0.4 is 10.5 Å². The van der Waals surface area contributed by atoms with Crippen LogP contribution in [-0.4, -0.2) is 6.61 Å². The van der Waals surface area contributed by atoms with E-state index in [2.05, 4.69) is 22.5 Å². The Morgan fingerprint density at radius 3 is 2.86 bits per heavy atom. The molecule has 3 heteroatoms. The van der Waals surface area contributed by atoms with Crippen molar-refractivity contribution in [2.75, 3.05) is 6.61 Å². The summed E-state index contributed by atoms with van der Waals surface area (Å²) < 4.78 is 6.42. The van der Waals surface area contributed by atoms with Crippen molar-refractivity contribution in [3.8, 4) is 5.75 Å². The maximum absolute atomic E-state index is 5.61. The minimum absolute atomic E-state index is 0.470. The van der Waals surface area contributed by atoms with Crippen molar-refractivity contribution in [2.45, 2.75) is 13.5 Å². The van der Waals surface area contributed by atoms with E-state index >= 15 is 0 Å².